The van der Waals surface area contributed by atoms with Crippen molar-refractivity contribution >= 4 is 40.3 Å². The van der Waals surface area contributed by atoms with Crippen molar-refractivity contribution in [3.05, 3.63) is 69.8 Å². The zero-order valence-electron chi connectivity index (χ0n) is 17.3. The average Bonchev–Trinajstić information content (AvgIpc) is 3.17. The highest BCUT2D eigenvalue weighted by Gasteiger charge is 2.39. The number of amides is 2. The van der Waals surface area contributed by atoms with Crippen LogP contribution in [0.2, 0.25) is 0 Å². The molecular weight excluding hydrogens is 472 g/mol. The SMILES string of the molecule is NS(=O)(=O)c1ccc(CNC(=O)C2CC(S)CN2C(=O)OCc2ccc([N+](=O)[O-])cc2)cc1. The van der Waals surface area contributed by atoms with Crippen LogP contribution in [0.15, 0.2) is 53.4 Å². The molecule has 1 aliphatic rings. The summed E-state index contributed by atoms with van der Waals surface area (Å²) in [6.45, 7) is 0.252. The third kappa shape index (κ3) is 6.43. The summed E-state index contributed by atoms with van der Waals surface area (Å²) in [5.41, 5.74) is 1.15. The topological polar surface area (TPSA) is 162 Å². The molecule has 33 heavy (non-hydrogen) atoms. The van der Waals surface area contributed by atoms with E-state index in [4.69, 9.17) is 9.88 Å². The lowest BCUT2D eigenvalue weighted by Crippen LogP contribution is -2.45. The number of nitro groups is 1. The number of benzene rings is 2. The third-order valence-corrected chi connectivity index (χ3v) is 6.35. The maximum Gasteiger partial charge on any atom is 0.410 e. The Kier molecular flexibility index (Phi) is 7.56. The highest BCUT2D eigenvalue weighted by atomic mass is 32.2. The highest BCUT2D eigenvalue weighted by Crippen LogP contribution is 2.24. The van der Waals surface area contributed by atoms with E-state index < -0.39 is 33.0 Å². The van der Waals surface area contributed by atoms with Crippen LogP contribution in [0.4, 0.5) is 10.5 Å². The fourth-order valence-corrected chi connectivity index (χ4v) is 4.20. The Bertz CT molecular complexity index is 1140. The van der Waals surface area contributed by atoms with E-state index in [1.807, 2.05) is 0 Å². The quantitative estimate of drug-likeness (QED) is 0.299. The second-order valence-electron chi connectivity index (χ2n) is 7.44. The molecule has 13 heteroatoms. The monoisotopic (exact) mass is 494 g/mol. The molecule has 1 fully saturated rings. The number of nitrogens with two attached hydrogens (primary N) is 1. The minimum atomic E-state index is -3.80. The van der Waals surface area contributed by atoms with Crippen LogP contribution in [0, 0.1) is 10.1 Å². The maximum absolute atomic E-state index is 12.7. The molecule has 0 bridgehead atoms. The van der Waals surface area contributed by atoms with Crippen LogP contribution in [-0.2, 0) is 32.7 Å². The molecule has 2 aromatic rings. The van der Waals surface area contributed by atoms with Gasteiger partial charge in [0.05, 0.1) is 9.82 Å². The Morgan fingerprint density at radius 1 is 1.15 bits per heavy atom. The number of sulfonamides is 1. The summed E-state index contributed by atoms with van der Waals surface area (Å²) in [6, 6.07) is 10.6. The highest BCUT2D eigenvalue weighted by molar-refractivity contribution is 7.89. The molecule has 2 unspecified atom stereocenters. The van der Waals surface area contributed by atoms with Gasteiger partial charge in [-0.3, -0.25) is 19.8 Å². The minimum absolute atomic E-state index is 0.0340. The van der Waals surface area contributed by atoms with Crippen LogP contribution >= 0.6 is 12.6 Å². The van der Waals surface area contributed by atoms with E-state index >= 15 is 0 Å². The van der Waals surface area contributed by atoms with Gasteiger partial charge >= 0.3 is 6.09 Å². The third-order valence-electron chi connectivity index (χ3n) is 5.04. The number of carbonyl (C=O) groups is 2. The number of likely N-dealkylation sites (tertiary alicyclic amines) is 1. The van der Waals surface area contributed by atoms with Crippen LogP contribution in [0.25, 0.3) is 0 Å². The van der Waals surface area contributed by atoms with E-state index in [1.165, 1.54) is 53.4 Å². The molecule has 0 saturated carbocycles. The Balaban J connectivity index is 1.56. The van der Waals surface area contributed by atoms with Gasteiger partial charge in [-0.1, -0.05) is 12.1 Å². The number of carbonyl (C=O) groups excluding carboxylic acids is 2. The van der Waals surface area contributed by atoms with Crippen LogP contribution in [-0.4, -0.2) is 48.1 Å². The van der Waals surface area contributed by atoms with Crippen molar-refractivity contribution in [3.63, 3.8) is 0 Å². The summed E-state index contributed by atoms with van der Waals surface area (Å²) in [7, 11) is -3.80. The first kappa shape index (κ1) is 24.5. The predicted octanol–water partition coefficient (Wildman–Crippen LogP) is 1.57. The molecule has 0 radical (unpaired) electrons. The van der Waals surface area contributed by atoms with Gasteiger partial charge in [0.25, 0.3) is 5.69 Å². The summed E-state index contributed by atoms with van der Waals surface area (Å²) >= 11 is 4.38. The maximum atomic E-state index is 12.7. The van der Waals surface area contributed by atoms with Gasteiger partial charge in [0, 0.05) is 30.5 Å². The van der Waals surface area contributed by atoms with E-state index in [-0.39, 0.29) is 35.5 Å². The van der Waals surface area contributed by atoms with Gasteiger partial charge in [-0.25, -0.2) is 18.4 Å². The van der Waals surface area contributed by atoms with Crippen molar-refractivity contribution < 1.29 is 27.7 Å². The normalized spacial score (nSPS) is 18.1. The number of hydrogen-bond acceptors (Lipinski definition) is 8. The van der Waals surface area contributed by atoms with Crippen LogP contribution in [0.3, 0.4) is 0 Å². The number of nitrogens with one attached hydrogen (secondary N) is 1. The predicted molar refractivity (Wildman–Crippen MR) is 121 cm³/mol. The Hall–Kier alpha value is -3.16. The largest absolute Gasteiger partial charge is 0.445 e. The number of thiol groups is 1. The van der Waals surface area contributed by atoms with Crippen LogP contribution in [0.5, 0.6) is 0 Å². The molecular formula is C20H22N4O7S2. The van der Waals surface area contributed by atoms with Crippen molar-refractivity contribution in [3.8, 4) is 0 Å². The number of non-ortho nitro benzene ring substituents is 1. The first-order valence-corrected chi connectivity index (χ1v) is 11.8. The molecule has 1 saturated heterocycles. The van der Waals surface area contributed by atoms with E-state index in [9.17, 15) is 28.1 Å². The van der Waals surface area contributed by atoms with Crippen LogP contribution < -0.4 is 10.5 Å². The number of nitrogens with zero attached hydrogens (tertiary/aromatic N) is 2. The van der Waals surface area contributed by atoms with E-state index in [2.05, 4.69) is 17.9 Å². The minimum Gasteiger partial charge on any atom is -0.445 e. The molecule has 0 aliphatic carbocycles. The molecule has 2 atom stereocenters. The molecule has 3 rings (SSSR count). The molecule has 1 heterocycles. The molecule has 0 spiro atoms. The van der Waals surface area contributed by atoms with Crippen molar-refractivity contribution in [2.45, 2.75) is 35.8 Å². The summed E-state index contributed by atoms with van der Waals surface area (Å²) in [5, 5.41) is 18.3. The van der Waals surface area contributed by atoms with Gasteiger partial charge in [-0.2, -0.15) is 12.6 Å². The Morgan fingerprint density at radius 2 is 1.76 bits per heavy atom. The fourth-order valence-electron chi connectivity index (χ4n) is 3.31. The number of primary sulfonamides is 1. The van der Waals surface area contributed by atoms with Gasteiger partial charge < -0.3 is 10.1 Å². The first-order chi connectivity index (χ1) is 15.5. The van der Waals surface area contributed by atoms with Crippen LogP contribution in [0.1, 0.15) is 17.5 Å². The zero-order valence-corrected chi connectivity index (χ0v) is 19.0. The number of hydrogen-bond donors (Lipinski definition) is 3. The summed E-state index contributed by atoms with van der Waals surface area (Å²) in [4.78, 5) is 36.7. The average molecular weight is 495 g/mol. The lowest BCUT2D eigenvalue weighted by molar-refractivity contribution is -0.384. The van der Waals surface area contributed by atoms with E-state index in [0.717, 1.165) is 0 Å². The molecule has 3 N–H and O–H groups in total. The first-order valence-electron chi connectivity index (χ1n) is 9.79. The zero-order chi connectivity index (χ0) is 24.2. The van der Waals surface area contributed by atoms with Crippen molar-refractivity contribution in [1.82, 2.24) is 10.2 Å². The lowest BCUT2D eigenvalue weighted by Gasteiger charge is -2.23. The van der Waals surface area contributed by atoms with Crippen molar-refractivity contribution in [1.29, 1.82) is 0 Å². The molecule has 11 nitrogen and oxygen atoms in total. The fraction of sp³-hybridized carbons (Fsp3) is 0.300. The smallest absolute Gasteiger partial charge is 0.410 e. The summed E-state index contributed by atoms with van der Waals surface area (Å²) in [6.07, 6.45) is -0.353. The second kappa shape index (κ2) is 10.2. The van der Waals surface area contributed by atoms with E-state index in [1.54, 1.807) is 0 Å². The molecule has 0 aromatic heterocycles. The Morgan fingerprint density at radius 3 is 2.33 bits per heavy atom. The molecule has 1 aliphatic heterocycles. The van der Waals surface area contributed by atoms with Gasteiger partial charge in [0.1, 0.15) is 12.6 Å². The number of rotatable bonds is 7. The number of nitro benzene ring substituents is 1. The standard InChI is InChI=1S/C20H22N4O7S2/c21-33(29,30)17-7-3-13(4-8-17)10-22-19(25)18-9-16(32)11-23(18)20(26)31-12-14-1-5-15(6-2-14)24(27)28/h1-8,16,18,32H,9-12H2,(H,22,25)(H2,21,29,30). The summed E-state index contributed by atoms with van der Waals surface area (Å²) in [5.74, 6) is -0.394. The number of ether oxygens (including phenoxy) is 1. The van der Waals surface area contributed by atoms with Gasteiger partial charge in [0.2, 0.25) is 15.9 Å². The van der Waals surface area contributed by atoms with Gasteiger partial charge in [-0.15, -0.1) is 0 Å². The van der Waals surface area contributed by atoms with Gasteiger partial charge in [-0.05, 0) is 41.8 Å². The molecule has 2 aromatic carbocycles. The second-order valence-corrected chi connectivity index (χ2v) is 9.73. The molecule has 2 amide bonds. The molecule has 176 valence electrons. The van der Waals surface area contributed by atoms with Crippen molar-refractivity contribution in [2.75, 3.05) is 6.54 Å². The van der Waals surface area contributed by atoms with E-state index in [0.29, 0.717) is 17.5 Å². The lowest BCUT2D eigenvalue weighted by atomic mass is 10.2. The summed E-state index contributed by atoms with van der Waals surface area (Å²) < 4.78 is 27.9. The Labute approximate surface area is 195 Å². The van der Waals surface area contributed by atoms with Crippen molar-refractivity contribution in [2.24, 2.45) is 5.14 Å². The van der Waals surface area contributed by atoms with Gasteiger partial charge in [0.15, 0.2) is 0 Å².